The molecule has 1 atom stereocenters. The molecule has 2 saturated carbocycles. The molecule has 0 aromatic heterocycles. The summed E-state index contributed by atoms with van der Waals surface area (Å²) in [5.74, 6) is 0.150. The van der Waals surface area contributed by atoms with Crippen molar-refractivity contribution in [2.75, 3.05) is 22.2 Å². The van der Waals surface area contributed by atoms with E-state index in [4.69, 9.17) is 0 Å². The molecule has 1 heterocycles. The van der Waals surface area contributed by atoms with Crippen LogP contribution in [-0.4, -0.2) is 37.0 Å². The van der Waals surface area contributed by atoms with Crippen LogP contribution in [0.2, 0.25) is 0 Å². The molecular formula is C25H30N4O2. The summed E-state index contributed by atoms with van der Waals surface area (Å²) >= 11 is 0. The van der Waals surface area contributed by atoms with E-state index in [0.717, 1.165) is 48.4 Å². The predicted molar refractivity (Wildman–Crippen MR) is 124 cm³/mol. The highest BCUT2D eigenvalue weighted by atomic mass is 16.2. The summed E-state index contributed by atoms with van der Waals surface area (Å²) in [5.41, 5.74) is 4.68. The number of carbonyl (C=O) groups is 2. The third-order valence-electron chi connectivity index (χ3n) is 6.79. The Morgan fingerprint density at radius 3 is 2.29 bits per heavy atom. The number of anilines is 4. The van der Waals surface area contributed by atoms with E-state index in [2.05, 4.69) is 21.6 Å². The molecule has 3 aliphatic rings. The quantitative estimate of drug-likeness (QED) is 0.754. The van der Waals surface area contributed by atoms with Gasteiger partial charge in [0.25, 0.3) is 5.91 Å². The summed E-state index contributed by atoms with van der Waals surface area (Å²) in [6.07, 6.45) is 6.91. The Bertz CT molecular complexity index is 993. The Balaban J connectivity index is 1.38. The Hall–Kier alpha value is -3.02. The lowest BCUT2D eigenvalue weighted by molar-refractivity contribution is -0.119. The van der Waals surface area contributed by atoms with E-state index >= 15 is 0 Å². The molecule has 0 spiro atoms. The Morgan fingerprint density at radius 1 is 0.935 bits per heavy atom. The summed E-state index contributed by atoms with van der Waals surface area (Å²) in [5, 5.41) is 6.48. The van der Waals surface area contributed by atoms with Crippen LogP contribution < -0.4 is 20.4 Å². The van der Waals surface area contributed by atoms with E-state index in [-0.39, 0.29) is 17.9 Å². The number of hydrogen-bond acceptors (Lipinski definition) is 4. The molecule has 0 radical (unpaired) electrons. The highest BCUT2D eigenvalue weighted by Crippen LogP contribution is 2.42. The van der Waals surface area contributed by atoms with Gasteiger partial charge >= 0.3 is 0 Å². The van der Waals surface area contributed by atoms with Crippen LogP contribution in [0.1, 0.15) is 55.8 Å². The van der Waals surface area contributed by atoms with Crippen LogP contribution in [-0.2, 0) is 4.79 Å². The highest BCUT2D eigenvalue weighted by Gasteiger charge is 2.38. The number of rotatable bonds is 5. The van der Waals surface area contributed by atoms with Crippen molar-refractivity contribution in [2.45, 2.75) is 63.6 Å². The average molecular weight is 419 g/mol. The molecule has 2 fully saturated rings. The van der Waals surface area contributed by atoms with E-state index < -0.39 is 0 Å². The fourth-order valence-electron chi connectivity index (χ4n) is 4.88. The monoisotopic (exact) mass is 418 g/mol. The number of nitrogens with zero attached hydrogens (tertiary/aromatic N) is 2. The maximum atomic E-state index is 12.8. The maximum Gasteiger partial charge on any atom is 0.251 e. The van der Waals surface area contributed by atoms with Crippen LogP contribution in [0.25, 0.3) is 0 Å². The summed E-state index contributed by atoms with van der Waals surface area (Å²) in [4.78, 5) is 29.1. The molecule has 31 heavy (non-hydrogen) atoms. The van der Waals surface area contributed by atoms with Crippen LogP contribution in [0.4, 0.5) is 22.7 Å². The van der Waals surface area contributed by atoms with Gasteiger partial charge < -0.3 is 20.4 Å². The zero-order chi connectivity index (χ0) is 21.5. The van der Waals surface area contributed by atoms with Crippen molar-refractivity contribution in [2.24, 2.45) is 0 Å². The number of benzene rings is 2. The lowest BCUT2D eigenvalue weighted by atomic mass is 10.0. The van der Waals surface area contributed by atoms with Crippen molar-refractivity contribution in [3.05, 3.63) is 48.0 Å². The third kappa shape index (κ3) is 3.87. The smallest absolute Gasteiger partial charge is 0.251 e. The van der Waals surface area contributed by atoms with Crippen molar-refractivity contribution in [1.82, 2.24) is 5.32 Å². The third-order valence-corrected chi connectivity index (χ3v) is 6.79. The van der Waals surface area contributed by atoms with Gasteiger partial charge in [-0.1, -0.05) is 12.8 Å². The number of nitrogens with one attached hydrogen (secondary N) is 2. The van der Waals surface area contributed by atoms with Crippen LogP contribution >= 0.6 is 0 Å². The molecular weight excluding hydrogens is 388 g/mol. The molecule has 1 aliphatic heterocycles. The molecule has 2 aliphatic carbocycles. The summed E-state index contributed by atoms with van der Waals surface area (Å²) in [7, 11) is 1.86. The van der Waals surface area contributed by atoms with E-state index in [9.17, 15) is 9.59 Å². The zero-order valence-electron chi connectivity index (χ0n) is 18.2. The van der Waals surface area contributed by atoms with Crippen molar-refractivity contribution in [1.29, 1.82) is 0 Å². The summed E-state index contributed by atoms with van der Waals surface area (Å²) in [6, 6.07) is 14.4. The van der Waals surface area contributed by atoms with Crippen molar-refractivity contribution >= 4 is 34.6 Å². The Labute approximate surface area is 183 Å². The lowest BCUT2D eigenvalue weighted by Gasteiger charge is -2.43. The first-order chi connectivity index (χ1) is 15.0. The molecule has 6 heteroatoms. The van der Waals surface area contributed by atoms with Crippen molar-refractivity contribution in [3.8, 4) is 0 Å². The molecule has 2 aromatic rings. The molecule has 2 N–H and O–H groups in total. The van der Waals surface area contributed by atoms with E-state index in [0.29, 0.717) is 17.6 Å². The van der Waals surface area contributed by atoms with Gasteiger partial charge in [0.2, 0.25) is 5.91 Å². The second-order valence-corrected chi connectivity index (χ2v) is 9.07. The Morgan fingerprint density at radius 2 is 1.61 bits per heavy atom. The number of carbonyl (C=O) groups excluding carboxylic acids is 2. The normalized spacial score (nSPS) is 21.2. The van der Waals surface area contributed by atoms with Gasteiger partial charge in [0.1, 0.15) is 6.04 Å². The van der Waals surface area contributed by atoms with Gasteiger partial charge in [0.05, 0.1) is 11.4 Å². The van der Waals surface area contributed by atoms with Crippen molar-refractivity contribution < 1.29 is 9.59 Å². The number of likely N-dealkylation sites (N-methyl/N-ethyl adjacent to an activating group) is 1. The van der Waals surface area contributed by atoms with Crippen molar-refractivity contribution in [3.63, 3.8) is 0 Å². The van der Waals surface area contributed by atoms with Crippen LogP contribution in [0.15, 0.2) is 42.5 Å². The van der Waals surface area contributed by atoms with E-state index in [1.54, 1.807) is 4.90 Å². The number of amides is 2. The van der Waals surface area contributed by atoms with Crippen LogP contribution in [0.3, 0.4) is 0 Å². The van der Waals surface area contributed by atoms with Crippen LogP contribution in [0.5, 0.6) is 0 Å². The molecule has 0 saturated heterocycles. The van der Waals surface area contributed by atoms with Gasteiger partial charge in [0.15, 0.2) is 0 Å². The first kappa shape index (κ1) is 19.9. The second-order valence-electron chi connectivity index (χ2n) is 9.07. The highest BCUT2D eigenvalue weighted by molar-refractivity contribution is 6.05. The second kappa shape index (κ2) is 7.91. The number of hydrogen-bond donors (Lipinski definition) is 2. The van der Waals surface area contributed by atoms with Gasteiger partial charge in [-0.2, -0.15) is 0 Å². The average Bonchev–Trinajstić information content (AvgIpc) is 3.42. The summed E-state index contributed by atoms with van der Waals surface area (Å²) < 4.78 is 0. The minimum absolute atomic E-state index is 0.00303. The zero-order valence-corrected chi connectivity index (χ0v) is 18.2. The molecule has 0 bridgehead atoms. The first-order valence-electron chi connectivity index (χ1n) is 11.4. The first-order valence-corrected chi connectivity index (χ1v) is 11.4. The minimum Gasteiger partial charge on any atom is -0.355 e. The molecule has 0 unspecified atom stereocenters. The summed E-state index contributed by atoms with van der Waals surface area (Å²) in [6.45, 7) is 2.02. The van der Waals surface area contributed by atoms with Gasteiger partial charge in [-0.25, -0.2) is 0 Å². The lowest BCUT2D eigenvalue weighted by Crippen LogP contribution is -2.54. The van der Waals surface area contributed by atoms with Crippen LogP contribution in [0, 0.1) is 0 Å². The van der Waals surface area contributed by atoms with E-state index in [1.807, 2.05) is 50.4 Å². The van der Waals surface area contributed by atoms with Gasteiger partial charge in [-0.15, -0.1) is 0 Å². The van der Waals surface area contributed by atoms with E-state index in [1.165, 1.54) is 12.8 Å². The molecule has 5 rings (SSSR count). The predicted octanol–water partition coefficient (Wildman–Crippen LogP) is 4.44. The van der Waals surface area contributed by atoms with Gasteiger partial charge in [-0.3, -0.25) is 9.59 Å². The molecule has 162 valence electrons. The standard InChI is InChI=1S/C25H30N4O2/c1-16-25(31)28(2)22-14-13-20(15-23(22)29(16)21-5-3-4-6-21)26-18-9-7-17(8-10-18)24(30)27-19-11-12-19/h7-10,13-16,19,21,26H,3-6,11-12H2,1-2H3,(H,27,30)/t16-/m1/s1. The number of fused-ring (bicyclic) bond motifs is 1. The molecule has 2 amide bonds. The topological polar surface area (TPSA) is 64.7 Å². The fraction of sp³-hybridized carbons (Fsp3) is 0.440. The maximum absolute atomic E-state index is 12.8. The van der Waals surface area contributed by atoms with Gasteiger partial charge in [0, 0.05) is 36.1 Å². The minimum atomic E-state index is -0.153. The largest absolute Gasteiger partial charge is 0.355 e. The SMILES string of the molecule is C[C@@H]1C(=O)N(C)c2ccc(Nc3ccc(C(=O)NC4CC4)cc3)cc2N1C1CCCC1. The van der Waals surface area contributed by atoms with Gasteiger partial charge in [-0.05, 0) is 75.1 Å². The molecule has 2 aromatic carbocycles. The fourth-order valence-corrected chi connectivity index (χ4v) is 4.88. The molecule has 6 nitrogen and oxygen atoms in total. The Kier molecular flexibility index (Phi) is 5.08.